The van der Waals surface area contributed by atoms with Crippen LogP contribution in [0.3, 0.4) is 0 Å². The van der Waals surface area contributed by atoms with Crippen LogP contribution in [0, 0.1) is 0 Å². The lowest BCUT2D eigenvalue weighted by Gasteiger charge is -2.09. The van der Waals surface area contributed by atoms with Gasteiger partial charge in [0.05, 0.1) is 38.1 Å². The summed E-state index contributed by atoms with van der Waals surface area (Å²) in [5.74, 6) is -0.565. The topological polar surface area (TPSA) is 53.3 Å². The molecule has 1 aromatic heterocycles. The molecule has 5 nitrogen and oxygen atoms in total. The third-order valence-electron chi connectivity index (χ3n) is 2.33. The molecule has 1 rings (SSSR count). The second kappa shape index (κ2) is 6.55. The van der Waals surface area contributed by atoms with Gasteiger partial charge in [0, 0.05) is 7.05 Å². The van der Waals surface area contributed by atoms with Gasteiger partial charge in [-0.05, 0) is 6.92 Å². The molecule has 0 saturated heterocycles. The van der Waals surface area contributed by atoms with Gasteiger partial charge in [0.2, 0.25) is 0 Å². The van der Waals surface area contributed by atoms with Gasteiger partial charge in [-0.15, -0.1) is 0 Å². The van der Waals surface area contributed by atoms with E-state index >= 15 is 0 Å². The molecule has 1 heterocycles. The van der Waals surface area contributed by atoms with Crippen LogP contribution in [0.5, 0.6) is 0 Å². The largest absolute Gasteiger partial charge is 0.462 e. The second-order valence-electron chi connectivity index (χ2n) is 3.77. The molecule has 0 fully saturated rings. The number of rotatable bonds is 6. The number of halogens is 3. The van der Waals surface area contributed by atoms with Crippen LogP contribution in [0.15, 0.2) is 6.20 Å². The minimum absolute atomic E-state index is 0.124. The molecule has 0 aliphatic carbocycles. The van der Waals surface area contributed by atoms with E-state index in [1.54, 1.807) is 14.0 Å². The first-order valence-electron chi connectivity index (χ1n) is 5.67. The fourth-order valence-electron chi connectivity index (χ4n) is 1.37. The molecule has 0 N–H and O–H groups in total. The first kappa shape index (κ1) is 15.5. The Bertz CT molecular complexity index is 429. The van der Waals surface area contributed by atoms with Gasteiger partial charge in [-0.25, -0.2) is 4.79 Å². The van der Waals surface area contributed by atoms with E-state index < -0.39 is 25.2 Å². The minimum Gasteiger partial charge on any atom is -0.462 e. The molecule has 0 aliphatic rings. The Hall–Kier alpha value is -1.57. The lowest BCUT2D eigenvalue weighted by atomic mass is 10.2. The molecule has 0 atom stereocenters. The Morgan fingerprint density at radius 2 is 2.16 bits per heavy atom. The average molecular weight is 280 g/mol. The summed E-state index contributed by atoms with van der Waals surface area (Å²) in [4.78, 5) is 11.6. The molecule has 0 spiro atoms. The zero-order chi connectivity index (χ0) is 14.5. The normalized spacial score (nSPS) is 11.6. The van der Waals surface area contributed by atoms with Crippen LogP contribution in [0.4, 0.5) is 13.2 Å². The predicted molar refractivity (Wildman–Crippen MR) is 59.5 cm³/mol. The molecule has 0 amide bonds. The van der Waals surface area contributed by atoms with Crippen molar-refractivity contribution >= 4 is 5.97 Å². The third-order valence-corrected chi connectivity index (χ3v) is 2.33. The van der Waals surface area contributed by atoms with E-state index in [0.29, 0.717) is 5.69 Å². The fourth-order valence-corrected chi connectivity index (χ4v) is 1.37. The van der Waals surface area contributed by atoms with E-state index in [4.69, 9.17) is 9.47 Å². The first-order chi connectivity index (χ1) is 8.85. The van der Waals surface area contributed by atoms with Gasteiger partial charge in [0.25, 0.3) is 0 Å². The monoisotopic (exact) mass is 280 g/mol. The zero-order valence-electron chi connectivity index (χ0n) is 10.7. The molecule has 0 saturated carbocycles. The highest BCUT2D eigenvalue weighted by Crippen LogP contribution is 2.19. The van der Waals surface area contributed by atoms with Crippen molar-refractivity contribution < 1.29 is 27.4 Å². The summed E-state index contributed by atoms with van der Waals surface area (Å²) in [6.45, 7) is 1.29. The number of esters is 1. The molecule has 1 aromatic rings. The highest BCUT2D eigenvalue weighted by atomic mass is 19.4. The molecule has 0 unspecified atom stereocenters. The van der Waals surface area contributed by atoms with Gasteiger partial charge < -0.3 is 9.47 Å². The maximum absolute atomic E-state index is 11.9. The molecule has 0 radical (unpaired) electrons. The maximum atomic E-state index is 11.9. The summed E-state index contributed by atoms with van der Waals surface area (Å²) in [6.07, 6.45) is -3.98. The van der Waals surface area contributed by atoms with Gasteiger partial charge in [-0.3, -0.25) is 4.68 Å². The third kappa shape index (κ3) is 4.90. The number of hydrogen-bond acceptors (Lipinski definition) is 4. The molecular formula is C11H15F3N2O3. The van der Waals surface area contributed by atoms with Crippen LogP contribution >= 0.6 is 0 Å². The van der Waals surface area contributed by atoms with Crippen LogP contribution in [0.1, 0.15) is 29.4 Å². The van der Waals surface area contributed by atoms with Crippen molar-refractivity contribution in [2.75, 3.05) is 13.2 Å². The standard InChI is InChI=1S/C11H15F3N2O3/c1-3-19-10(17)8-6-15-16(2)9(8)7-18-5-4-11(12,13)14/h6H,3-5,7H2,1-2H3. The van der Waals surface area contributed by atoms with E-state index in [2.05, 4.69) is 5.10 Å². The number of aromatic nitrogens is 2. The van der Waals surface area contributed by atoms with Crippen LogP contribution in [-0.4, -0.2) is 35.1 Å². The lowest BCUT2D eigenvalue weighted by Crippen LogP contribution is -2.14. The summed E-state index contributed by atoms with van der Waals surface area (Å²) in [5.41, 5.74) is 0.594. The number of aryl methyl sites for hydroxylation is 1. The van der Waals surface area contributed by atoms with E-state index in [1.807, 2.05) is 0 Å². The van der Waals surface area contributed by atoms with E-state index in [9.17, 15) is 18.0 Å². The average Bonchev–Trinajstić information content (AvgIpc) is 2.65. The van der Waals surface area contributed by atoms with Crippen molar-refractivity contribution in [1.29, 1.82) is 0 Å². The summed E-state index contributed by atoms with van der Waals surface area (Å²) >= 11 is 0. The molecule has 108 valence electrons. The van der Waals surface area contributed by atoms with Gasteiger partial charge in [-0.1, -0.05) is 0 Å². The number of hydrogen-bond donors (Lipinski definition) is 0. The van der Waals surface area contributed by atoms with Crippen molar-refractivity contribution in [1.82, 2.24) is 9.78 Å². The summed E-state index contributed by atoms with van der Waals surface area (Å²) in [6, 6.07) is 0. The zero-order valence-corrected chi connectivity index (χ0v) is 10.7. The number of nitrogens with zero attached hydrogens (tertiary/aromatic N) is 2. The van der Waals surface area contributed by atoms with E-state index in [1.165, 1.54) is 10.9 Å². The maximum Gasteiger partial charge on any atom is 0.391 e. The number of carbonyl (C=O) groups is 1. The summed E-state index contributed by atoms with van der Waals surface area (Å²) in [5, 5.41) is 3.86. The Morgan fingerprint density at radius 3 is 2.74 bits per heavy atom. The van der Waals surface area contributed by atoms with Crippen molar-refractivity contribution in [3.05, 3.63) is 17.5 Å². The van der Waals surface area contributed by atoms with E-state index in [-0.39, 0.29) is 18.8 Å². The van der Waals surface area contributed by atoms with Gasteiger partial charge in [0.1, 0.15) is 5.56 Å². The van der Waals surface area contributed by atoms with Crippen LogP contribution < -0.4 is 0 Å². The van der Waals surface area contributed by atoms with Crippen LogP contribution in [0.2, 0.25) is 0 Å². The van der Waals surface area contributed by atoms with Gasteiger partial charge in [-0.2, -0.15) is 18.3 Å². The molecular weight excluding hydrogens is 265 g/mol. The Morgan fingerprint density at radius 1 is 1.47 bits per heavy atom. The van der Waals surface area contributed by atoms with E-state index in [0.717, 1.165) is 0 Å². The van der Waals surface area contributed by atoms with Crippen molar-refractivity contribution in [2.24, 2.45) is 7.05 Å². The number of alkyl halides is 3. The Kier molecular flexibility index (Phi) is 5.34. The van der Waals surface area contributed by atoms with Gasteiger partial charge in [0.15, 0.2) is 0 Å². The Balaban J connectivity index is 2.58. The minimum atomic E-state index is -4.25. The highest BCUT2D eigenvalue weighted by Gasteiger charge is 2.26. The van der Waals surface area contributed by atoms with Crippen molar-refractivity contribution in [3.8, 4) is 0 Å². The predicted octanol–water partition coefficient (Wildman–Crippen LogP) is 2.07. The van der Waals surface area contributed by atoms with Crippen LogP contribution in [0.25, 0.3) is 0 Å². The SMILES string of the molecule is CCOC(=O)c1cnn(C)c1COCCC(F)(F)F. The Labute approximate surface area is 108 Å². The second-order valence-corrected chi connectivity index (χ2v) is 3.77. The molecule has 19 heavy (non-hydrogen) atoms. The van der Waals surface area contributed by atoms with Gasteiger partial charge >= 0.3 is 12.1 Å². The smallest absolute Gasteiger partial charge is 0.391 e. The molecule has 0 aromatic carbocycles. The molecule has 8 heteroatoms. The van der Waals surface area contributed by atoms with Crippen molar-refractivity contribution in [2.45, 2.75) is 26.1 Å². The number of ether oxygens (including phenoxy) is 2. The quantitative estimate of drug-likeness (QED) is 0.591. The fraction of sp³-hybridized carbons (Fsp3) is 0.636. The summed E-state index contributed by atoms with van der Waals surface area (Å²) < 4.78 is 46.9. The van der Waals surface area contributed by atoms with Crippen LogP contribution in [-0.2, 0) is 23.1 Å². The van der Waals surface area contributed by atoms with Crippen molar-refractivity contribution in [3.63, 3.8) is 0 Å². The summed E-state index contributed by atoms with van der Waals surface area (Å²) in [7, 11) is 1.57. The highest BCUT2D eigenvalue weighted by molar-refractivity contribution is 5.90. The lowest BCUT2D eigenvalue weighted by molar-refractivity contribution is -0.146. The number of carbonyl (C=O) groups excluding carboxylic acids is 1. The molecule has 0 aliphatic heterocycles. The molecule has 0 bridgehead atoms. The first-order valence-corrected chi connectivity index (χ1v) is 5.67.